The third-order valence-corrected chi connectivity index (χ3v) is 3.45. The van der Waals surface area contributed by atoms with Gasteiger partial charge >= 0.3 is 13.3 Å². The van der Waals surface area contributed by atoms with E-state index >= 15 is 0 Å². The fourth-order valence-corrected chi connectivity index (χ4v) is 2.44. The van der Waals surface area contributed by atoms with Gasteiger partial charge in [0.15, 0.2) is 0 Å². The van der Waals surface area contributed by atoms with Gasteiger partial charge in [-0.2, -0.15) is 0 Å². The molecule has 21 heavy (non-hydrogen) atoms. The second-order valence-electron chi connectivity index (χ2n) is 4.97. The fraction of sp³-hybridized carbons (Fsp3) is 0.500. The molecule has 2 rings (SSSR count). The smallest absolute Gasteiger partial charge is 0.512 e. The second-order valence-corrected chi connectivity index (χ2v) is 4.97. The van der Waals surface area contributed by atoms with Gasteiger partial charge in [-0.15, -0.1) is 0 Å². The Morgan fingerprint density at radius 2 is 1.95 bits per heavy atom. The van der Waals surface area contributed by atoms with Crippen LogP contribution >= 0.6 is 0 Å². The molecule has 1 aromatic rings. The van der Waals surface area contributed by atoms with Crippen LogP contribution < -0.4 is 9.39 Å². The average molecular weight is 294 g/mol. The Morgan fingerprint density at radius 3 is 2.57 bits per heavy atom. The van der Waals surface area contributed by atoms with Gasteiger partial charge in [-0.05, 0) is 37.8 Å². The molecule has 0 aliphatic heterocycles. The zero-order valence-electron chi connectivity index (χ0n) is 11.9. The monoisotopic (exact) mass is 294 g/mol. The first-order valence-electron chi connectivity index (χ1n) is 7.02. The quantitative estimate of drug-likeness (QED) is 0.633. The van der Waals surface area contributed by atoms with Crippen molar-refractivity contribution in [3.8, 4) is 11.5 Å². The molecule has 0 bridgehead atoms. The Morgan fingerprint density at radius 1 is 1.24 bits per heavy atom. The Hall–Kier alpha value is -1.73. The third-order valence-electron chi connectivity index (χ3n) is 3.45. The van der Waals surface area contributed by atoms with Crippen molar-refractivity contribution in [1.29, 1.82) is 0 Å². The van der Waals surface area contributed by atoms with Crippen molar-refractivity contribution in [2.75, 3.05) is 7.11 Å². The molecule has 0 saturated heterocycles. The highest BCUT2D eigenvalue weighted by molar-refractivity contribution is 6.33. The summed E-state index contributed by atoms with van der Waals surface area (Å²) in [6.45, 7) is 0. The summed E-state index contributed by atoms with van der Waals surface area (Å²) in [4.78, 5) is 11.8. The minimum Gasteiger partial charge on any atom is -0.512 e. The van der Waals surface area contributed by atoms with Gasteiger partial charge in [-0.3, -0.25) is 0 Å². The van der Waals surface area contributed by atoms with Crippen LogP contribution in [0.25, 0.3) is 0 Å². The van der Waals surface area contributed by atoms with E-state index in [9.17, 15) is 4.79 Å². The maximum atomic E-state index is 11.8. The van der Waals surface area contributed by atoms with Crippen LogP contribution in [-0.2, 0) is 4.74 Å². The van der Waals surface area contributed by atoms with Crippen molar-refractivity contribution in [1.82, 2.24) is 0 Å². The van der Waals surface area contributed by atoms with Crippen LogP contribution in [0, 0.1) is 0 Å². The van der Waals surface area contributed by atoms with Crippen molar-refractivity contribution < 1.29 is 29.0 Å². The lowest BCUT2D eigenvalue weighted by Gasteiger charge is -2.24. The number of benzene rings is 1. The normalized spacial score (nSPS) is 15.4. The molecule has 7 heteroatoms. The lowest BCUT2D eigenvalue weighted by molar-refractivity contribution is 0.0590. The molecule has 1 aliphatic rings. The number of ether oxygens (including phenoxy) is 2. The van der Waals surface area contributed by atoms with Gasteiger partial charge in [0.1, 0.15) is 17.1 Å². The van der Waals surface area contributed by atoms with E-state index in [1.54, 1.807) is 0 Å². The maximum Gasteiger partial charge on any atom is 0.707 e. The van der Waals surface area contributed by atoms with E-state index in [1.807, 2.05) is 0 Å². The SMILES string of the molecule is COC(=O)c1ccc(OB(O)O)cc1OC1CCCCC1. The number of hydrogen-bond acceptors (Lipinski definition) is 6. The molecule has 0 aromatic heterocycles. The third kappa shape index (κ3) is 4.37. The summed E-state index contributed by atoms with van der Waals surface area (Å²) in [6, 6.07) is 4.42. The predicted octanol–water partition coefficient (Wildman–Crippen LogP) is 1.53. The Bertz CT molecular complexity index is 484. The van der Waals surface area contributed by atoms with E-state index < -0.39 is 13.3 Å². The molecular weight excluding hydrogens is 275 g/mol. The molecule has 0 radical (unpaired) electrons. The molecule has 1 fully saturated rings. The van der Waals surface area contributed by atoms with Gasteiger partial charge in [0.25, 0.3) is 0 Å². The number of methoxy groups -OCH3 is 1. The van der Waals surface area contributed by atoms with E-state index in [2.05, 4.69) is 0 Å². The van der Waals surface area contributed by atoms with Crippen molar-refractivity contribution in [2.24, 2.45) is 0 Å². The Labute approximate surface area is 123 Å². The molecule has 0 unspecified atom stereocenters. The zero-order chi connectivity index (χ0) is 15.2. The lowest BCUT2D eigenvalue weighted by Crippen LogP contribution is -2.22. The summed E-state index contributed by atoms with van der Waals surface area (Å²) in [5.74, 6) is 0.0484. The number of carbonyl (C=O) groups excluding carboxylic acids is 1. The minimum absolute atomic E-state index is 0.0523. The standard InChI is InChI=1S/C14H19BO6/c1-19-14(16)12-8-7-11(21-15(17)18)9-13(12)20-10-5-3-2-4-6-10/h7-10,17-18H,2-6H2,1H3. The van der Waals surface area contributed by atoms with E-state index in [1.165, 1.54) is 31.7 Å². The van der Waals surface area contributed by atoms with E-state index in [-0.39, 0.29) is 11.9 Å². The summed E-state index contributed by atoms with van der Waals surface area (Å²) in [5.41, 5.74) is 0.294. The minimum atomic E-state index is -1.92. The van der Waals surface area contributed by atoms with Gasteiger partial charge in [-0.1, -0.05) is 6.42 Å². The molecular formula is C14H19BO6. The first-order chi connectivity index (χ1) is 10.1. The van der Waals surface area contributed by atoms with Crippen LogP contribution in [0.1, 0.15) is 42.5 Å². The zero-order valence-corrected chi connectivity index (χ0v) is 11.9. The van der Waals surface area contributed by atoms with Gasteiger partial charge < -0.3 is 24.2 Å². The van der Waals surface area contributed by atoms with Crippen LogP contribution in [0.2, 0.25) is 0 Å². The predicted molar refractivity (Wildman–Crippen MR) is 76.1 cm³/mol. The fourth-order valence-electron chi connectivity index (χ4n) is 2.44. The number of esters is 1. The van der Waals surface area contributed by atoms with Crippen LogP contribution in [0.4, 0.5) is 0 Å². The second kappa shape index (κ2) is 7.33. The Kier molecular flexibility index (Phi) is 5.47. The van der Waals surface area contributed by atoms with E-state index in [0.29, 0.717) is 11.3 Å². The number of hydrogen-bond donors (Lipinski definition) is 2. The molecule has 0 heterocycles. The Balaban J connectivity index is 2.21. The van der Waals surface area contributed by atoms with Crippen LogP contribution in [0.5, 0.6) is 11.5 Å². The molecule has 1 aliphatic carbocycles. The number of rotatable bonds is 5. The van der Waals surface area contributed by atoms with E-state index in [4.69, 9.17) is 24.2 Å². The van der Waals surface area contributed by atoms with Gasteiger partial charge in [-0.25, -0.2) is 4.79 Å². The molecule has 0 amide bonds. The largest absolute Gasteiger partial charge is 0.707 e. The molecule has 1 aromatic carbocycles. The summed E-state index contributed by atoms with van der Waals surface area (Å²) in [6.07, 6.45) is 5.33. The van der Waals surface area contributed by atoms with Crippen molar-refractivity contribution in [3.63, 3.8) is 0 Å². The van der Waals surface area contributed by atoms with Crippen molar-refractivity contribution >= 4 is 13.3 Å². The average Bonchev–Trinajstić information content (AvgIpc) is 2.47. The highest BCUT2D eigenvalue weighted by atomic mass is 16.6. The molecule has 0 atom stereocenters. The molecule has 114 valence electrons. The van der Waals surface area contributed by atoms with Crippen LogP contribution in [0.15, 0.2) is 18.2 Å². The molecule has 1 saturated carbocycles. The summed E-state index contributed by atoms with van der Waals surface area (Å²) in [7, 11) is -0.620. The van der Waals surface area contributed by atoms with Gasteiger partial charge in [0.2, 0.25) is 0 Å². The summed E-state index contributed by atoms with van der Waals surface area (Å²) < 4.78 is 15.4. The molecule has 6 nitrogen and oxygen atoms in total. The van der Waals surface area contributed by atoms with Gasteiger partial charge in [0, 0.05) is 6.07 Å². The van der Waals surface area contributed by atoms with E-state index in [0.717, 1.165) is 25.7 Å². The summed E-state index contributed by atoms with van der Waals surface area (Å²) in [5, 5.41) is 17.7. The van der Waals surface area contributed by atoms with Crippen LogP contribution in [0.3, 0.4) is 0 Å². The maximum absolute atomic E-state index is 11.8. The number of carbonyl (C=O) groups is 1. The van der Waals surface area contributed by atoms with Crippen LogP contribution in [-0.4, -0.2) is 36.6 Å². The first kappa shape index (κ1) is 15.7. The topological polar surface area (TPSA) is 85.2 Å². The highest BCUT2D eigenvalue weighted by Gasteiger charge is 2.21. The van der Waals surface area contributed by atoms with Gasteiger partial charge in [0.05, 0.1) is 13.2 Å². The van der Waals surface area contributed by atoms with Crippen molar-refractivity contribution in [2.45, 2.75) is 38.2 Å². The van der Waals surface area contributed by atoms with Crippen molar-refractivity contribution in [3.05, 3.63) is 23.8 Å². The summed E-state index contributed by atoms with van der Waals surface area (Å²) >= 11 is 0. The highest BCUT2D eigenvalue weighted by Crippen LogP contribution is 2.30. The lowest BCUT2D eigenvalue weighted by atomic mass is 9.97. The first-order valence-corrected chi connectivity index (χ1v) is 7.02. The molecule has 0 spiro atoms. The molecule has 2 N–H and O–H groups in total.